The van der Waals surface area contributed by atoms with Gasteiger partial charge in [0.1, 0.15) is 11.6 Å². The zero-order chi connectivity index (χ0) is 14.7. The van der Waals surface area contributed by atoms with Crippen LogP contribution in [0.15, 0.2) is 37.9 Å². The number of hydrogen-bond acceptors (Lipinski definition) is 5. The van der Waals surface area contributed by atoms with Crippen molar-refractivity contribution in [3.05, 3.63) is 44.7 Å². The molecule has 0 aliphatic carbocycles. The van der Waals surface area contributed by atoms with Crippen LogP contribution in [0.1, 0.15) is 5.56 Å². The van der Waals surface area contributed by atoms with E-state index >= 15 is 0 Å². The van der Waals surface area contributed by atoms with Gasteiger partial charge in [0.2, 0.25) is 0 Å². The fourth-order valence-corrected chi connectivity index (χ4v) is 3.00. The zero-order valence-electron chi connectivity index (χ0n) is 10.3. The van der Waals surface area contributed by atoms with Crippen LogP contribution < -0.4 is 11.4 Å². The molecule has 0 bridgehead atoms. The van der Waals surface area contributed by atoms with Crippen LogP contribution in [0.3, 0.4) is 0 Å². The van der Waals surface area contributed by atoms with E-state index in [2.05, 4.69) is 15.9 Å². The average Bonchev–Trinajstić information content (AvgIpc) is 2.37. The van der Waals surface area contributed by atoms with Crippen molar-refractivity contribution in [3.63, 3.8) is 0 Å². The van der Waals surface area contributed by atoms with Crippen LogP contribution in [-0.4, -0.2) is 22.9 Å². The minimum atomic E-state index is -1.03. The molecular weight excluding hydrogens is 346 g/mol. The molecule has 3 N–H and O–H groups in total. The first-order valence-corrected chi connectivity index (χ1v) is 7.70. The highest BCUT2D eigenvalue weighted by Gasteiger charge is 2.12. The second kappa shape index (κ2) is 6.43. The lowest BCUT2D eigenvalue weighted by atomic mass is 10.1. The van der Waals surface area contributed by atoms with Crippen LogP contribution in [0, 0.1) is 0 Å². The summed E-state index contributed by atoms with van der Waals surface area (Å²) in [6, 6.07) is 5.97. The van der Waals surface area contributed by atoms with Crippen molar-refractivity contribution in [2.24, 2.45) is 5.73 Å². The third kappa shape index (κ3) is 3.62. The minimum absolute atomic E-state index is 0.285. The lowest BCUT2D eigenvalue weighted by Crippen LogP contribution is -2.32. The summed E-state index contributed by atoms with van der Waals surface area (Å²) in [5.74, 6) is -0.239. The standard InChI is InChI=1S/C13H12BrNO4S/c14-8-1-2-9-7(3-12(16)19-11(9)4-8)5-20-6-10(15)13(17)18/h1-4,10H,5-6,15H2,(H,17,18). The Morgan fingerprint density at radius 3 is 2.90 bits per heavy atom. The van der Waals surface area contributed by atoms with Gasteiger partial charge in [0.05, 0.1) is 0 Å². The van der Waals surface area contributed by atoms with Crippen molar-refractivity contribution < 1.29 is 14.3 Å². The van der Waals surface area contributed by atoms with E-state index < -0.39 is 17.6 Å². The van der Waals surface area contributed by atoms with Gasteiger partial charge in [-0.2, -0.15) is 11.8 Å². The first-order valence-electron chi connectivity index (χ1n) is 5.76. The average molecular weight is 358 g/mol. The van der Waals surface area contributed by atoms with E-state index in [-0.39, 0.29) is 5.75 Å². The summed E-state index contributed by atoms with van der Waals surface area (Å²) in [4.78, 5) is 22.1. The molecule has 2 rings (SSSR count). The first-order chi connectivity index (χ1) is 9.47. The second-order valence-corrected chi connectivity index (χ2v) is 6.14. The fourth-order valence-electron chi connectivity index (χ4n) is 1.69. The summed E-state index contributed by atoms with van der Waals surface area (Å²) in [5.41, 5.74) is 6.33. The number of aliphatic carboxylic acids is 1. The topological polar surface area (TPSA) is 93.5 Å². The Balaban J connectivity index is 2.21. The Hall–Kier alpha value is -1.31. The molecular formula is C13H12BrNO4S. The molecule has 1 heterocycles. The Labute approximate surface area is 127 Å². The summed E-state index contributed by atoms with van der Waals surface area (Å²) in [7, 11) is 0. The number of benzene rings is 1. The Kier molecular flexibility index (Phi) is 4.85. The Bertz CT molecular complexity index is 700. The van der Waals surface area contributed by atoms with E-state index in [4.69, 9.17) is 15.3 Å². The predicted molar refractivity (Wildman–Crippen MR) is 82.0 cm³/mol. The van der Waals surface area contributed by atoms with E-state index in [0.29, 0.717) is 11.3 Å². The molecule has 0 saturated heterocycles. The number of carboxylic acid groups (broad SMARTS) is 1. The van der Waals surface area contributed by atoms with E-state index in [0.717, 1.165) is 15.4 Å². The minimum Gasteiger partial charge on any atom is -0.480 e. The van der Waals surface area contributed by atoms with Crippen LogP contribution in [0.25, 0.3) is 11.0 Å². The number of rotatable bonds is 5. The smallest absolute Gasteiger partial charge is 0.336 e. The molecule has 1 unspecified atom stereocenters. The van der Waals surface area contributed by atoms with Gasteiger partial charge in [-0.05, 0) is 23.8 Å². The highest BCUT2D eigenvalue weighted by atomic mass is 79.9. The largest absolute Gasteiger partial charge is 0.480 e. The highest BCUT2D eigenvalue weighted by molar-refractivity contribution is 9.10. The van der Waals surface area contributed by atoms with Gasteiger partial charge >= 0.3 is 11.6 Å². The molecule has 7 heteroatoms. The number of thioether (sulfide) groups is 1. The zero-order valence-corrected chi connectivity index (χ0v) is 12.7. The molecule has 1 atom stereocenters. The van der Waals surface area contributed by atoms with Crippen molar-refractivity contribution >= 4 is 44.6 Å². The van der Waals surface area contributed by atoms with E-state index in [1.54, 1.807) is 6.07 Å². The molecule has 5 nitrogen and oxygen atoms in total. The van der Waals surface area contributed by atoms with Crippen LogP contribution in [0.2, 0.25) is 0 Å². The van der Waals surface area contributed by atoms with Gasteiger partial charge in [-0.15, -0.1) is 0 Å². The third-order valence-electron chi connectivity index (χ3n) is 2.66. The summed E-state index contributed by atoms with van der Waals surface area (Å²) in [5, 5.41) is 9.55. The monoisotopic (exact) mass is 357 g/mol. The number of hydrogen-bond donors (Lipinski definition) is 2. The molecule has 20 heavy (non-hydrogen) atoms. The van der Waals surface area contributed by atoms with Gasteiger partial charge in [0.15, 0.2) is 0 Å². The summed E-state index contributed by atoms with van der Waals surface area (Å²) < 4.78 is 5.96. The Morgan fingerprint density at radius 1 is 1.45 bits per heavy atom. The summed E-state index contributed by atoms with van der Waals surface area (Å²) in [6.45, 7) is 0. The van der Waals surface area contributed by atoms with Gasteiger partial charge in [0.25, 0.3) is 0 Å². The Morgan fingerprint density at radius 2 is 2.20 bits per heavy atom. The number of carbonyl (C=O) groups is 1. The van der Waals surface area contributed by atoms with E-state index in [1.165, 1.54) is 17.8 Å². The van der Waals surface area contributed by atoms with Gasteiger partial charge < -0.3 is 15.3 Å². The van der Waals surface area contributed by atoms with Gasteiger partial charge in [-0.3, -0.25) is 4.79 Å². The maximum absolute atomic E-state index is 11.5. The number of nitrogens with two attached hydrogens (primary N) is 1. The van der Waals surface area contributed by atoms with Crippen molar-refractivity contribution in [2.75, 3.05) is 5.75 Å². The fraction of sp³-hybridized carbons (Fsp3) is 0.231. The van der Waals surface area contributed by atoms with E-state index in [1.807, 2.05) is 12.1 Å². The van der Waals surface area contributed by atoms with Crippen molar-refractivity contribution in [1.82, 2.24) is 0 Å². The maximum atomic E-state index is 11.5. The predicted octanol–water partition coefficient (Wildman–Crippen LogP) is 2.20. The molecule has 0 aliphatic heterocycles. The number of carboxylic acids is 1. The first kappa shape index (κ1) is 15.1. The number of fused-ring (bicyclic) bond motifs is 1. The maximum Gasteiger partial charge on any atom is 0.336 e. The molecule has 1 aromatic heterocycles. The molecule has 2 aromatic rings. The molecule has 0 spiro atoms. The van der Waals surface area contributed by atoms with Crippen LogP contribution >= 0.6 is 27.7 Å². The van der Waals surface area contributed by atoms with Crippen LogP contribution in [0.5, 0.6) is 0 Å². The van der Waals surface area contributed by atoms with Gasteiger partial charge in [0, 0.05) is 27.4 Å². The third-order valence-corrected chi connectivity index (χ3v) is 4.27. The lowest BCUT2D eigenvalue weighted by Gasteiger charge is -2.08. The number of halogens is 1. The quantitative estimate of drug-likeness (QED) is 0.796. The SMILES string of the molecule is NC(CSCc1cc(=O)oc2cc(Br)ccc12)C(=O)O. The van der Waals surface area contributed by atoms with Crippen LogP contribution in [0.4, 0.5) is 0 Å². The van der Waals surface area contributed by atoms with Gasteiger partial charge in [-0.25, -0.2) is 4.79 Å². The van der Waals surface area contributed by atoms with Gasteiger partial charge in [-0.1, -0.05) is 15.9 Å². The normalized spacial score (nSPS) is 12.5. The molecule has 0 fully saturated rings. The molecule has 0 saturated carbocycles. The summed E-state index contributed by atoms with van der Waals surface area (Å²) >= 11 is 4.69. The molecule has 0 amide bonds. The molecule has 1 aromatic carbocycles. The highest BCUT2D eigenvalue weighted by Crippen LogP contribution is 2.24. The second-order valence-electron chi connectivity index (χ2n) is 4.19. The van der Waals surface area contributed by atoms with Crippen LogP contribution in [-0.2, 0) is 10.5 Å². The summed E-state index contributed by atoms with van der Waals surface area (Å²) in [6.07, 6.45) is 0. The van der Waals surface area contributed by atoms with Crippen molar-refractivity contribution in [1.29, 1.82) is 0 Å². The van der Waals surface area contributed by atoms with Crippen molar-refractivity contribution in [2.45, 2.75) is 11.8 Å². The molecule has 0 radical (unpaired) electrons. The molecule has 0 aliphatic rings. The lowest BCUT2D eigenvalue weighted by molar-refractivity contribution is -0.137. The van der Waals surface area contributed by atoms with E-state index in [9.17, 15) is 9.59 Å². The molecule has 106 valence electrons. The van der Waals surface area contributed by atoms with Crippen molar-refractivity contribution in [3.8, 4) is 0 Å².